The van der Waals surface area contributed by atoms with Crippen LogP contribution in [0, 0.1) is 0 Å². The van der Waals surface area contributed by atoms with Crippen LogP contribution in [0.2, 0.25) is 0 Å². The van der Waals surface area contributed by atoms with Crippen molar-refractivity contribution in [3.8, 4) is 16.9 Å². The summed E-state index contributed by atoms with van der Waals surface area (Å²) >= 11 is 1.33. The molecule has 2 heterocycles. The van der Waals surface area contributed by atoms with E-state index in [4.69, 9.17) is 9.84 Å². The lowest BCUT2D eigenvalue weighted by Gasteiger charge is -2.18. The number of ether oxygens (including phenoxy) is 1. The fourth-order valence-corrected chi connectivity index (χ4v) is 2.77. The van der Waals surface area contributed by atoms with Gasteiger partial charge in [0.15, 0.2) is 6.61 Å². The van der Waals surface area contributed by atoms with Gasteiger partial charge in [-0.1, -0.05) is 6.07 Å². The molecular weight excluding hydrogens is 266 g/mol. The highest BCUT2D eigenvalue weighted by Crippen LogP contribution is 2.35. The van der Waals surface area contributed by atoms with Crippen molar-refractivity contribution in [3.05, 3.63) is 34.5 Å². The number of aromatic carboxylic acids is 1. The third-order valence-electron chi connectivity index (χ3n) is 2.82. The molecule has 0 spiro atoms. The number of nitrogens with one attached hydrogen (secondary N) is 1. The summed E-state index contributed by atoms with van der Waals surface area (Å²) < 4.78 is 5.26. The van der Waals surface area contributed by atoms with Gasteiger partial charge in [-0.15, -0.1) is 0 Å². The topological polar surface area (TPSA) is 75.6 Å². The molecule has 1 aromatic heterocycles. The van der Waals surface area contributed by atoms with Crippen LogP contribution in [-0.4, -0.2) is 23.6 Å². The Labute approximate surface area is 112 Å². The minimum atomic E-state index is -0.964. The number of carboxylic acid groups (broad SMARTS) is 1. The average Bonchev–Trinajstić information content (AvgIpc) is 2.87. The van der Waals surface area contributed by atoms with Crippen LogP contribution in [0.25, 0.3) is 11.1 Å². The highest BCUT2D eigenvalue weighted by Gasteiger charge is 2.18. The van der Waals surface area contributed by atoms with E-state index in [9.17, 15) is 9.59 Å². The molecular formula is C13H9NO4S. The molecule has 0 fully saturated rings. The number of thiophene rings is 1. The van der Waals surface area contributed by atoms with Crippen molar-refractivity contribution in [2.45, 2.75) is 0 Å². The van der Waals surface area contributed by atoms with Crippen molar-refractivity contribution in [3.63, 3.8) is 0 Å². The van der Waals surface area contributed by atoms with Crippen molar-refractivity contribution in [2.24, 2.45) is 0 Å². The van der Waals surface area contributed by atoms with E-state index in [1.807, 2.05) is 0 Å². The lowest BCUT2D eigenvalue weighted by Crippen LogP contribution is -2.25. The minimum Gasteiger partial charge on any atom is -0.482 e. The first kappa shape index (κ1) is 11.7. The smallest absolute Gasteiger partial charge is 0.337 e. The van der Waals surface area contributed by atoms with Gasteiger partial charge in [0.2, 0.25) is 0 Å². The van der Waals surface area contributed by atoms with Gasteiger partial charge in [0.1, 0.15) is 5.75 Å². The standard InChI is InChI=1S/C13H9NO4S/c15-12-4-18-11-2-1-7(3-10(11)14-12)8-5-19-6-9(8)13(16)17/h1-3,5-6H,4H2,(H,14,15)(H,16,17). The Balaban J connectivity index is 2.07. The molecule has 0 saturated carbocycles. The lowest BCUT2D eigenvalue weighted by molar-refractivity contribution is -0.118. The molecule has 1 aromatic carbocycles. The van der Waals surface area contributed by atoms with Crippen LogP contribution in [0.5, 0.6) is 5.75 Å². The quantitative estimate of drug-likeness (QED) is 0.882. The van der Waals surface area contributed by atoms with Crippen molar-refractivity contribution in [1.82, 2.24) is 0 Å². The summed E-state index contributed by atoms with van der Waals surface area (Å²) in [7, 11) is 0. The highest BCUT2D eigenvalue weighted by atomic mass is 32.1. The SMILES string of the molecule is O=C1COc2ccc(-c3cscc3C(=O)O)cc2N1. The largest absolute Gasteiger partial charge is 0.482 e. The number of rotatable bonds is 2. The van der Waals surface area contributed by atoms with Gasteiger partial charge in [0, 0.05) is 10.9 Å². The third-order valence-corrected chi connectivity index (χ3v) is 3.56. The van der Waals surface area contributed by atoms with E-state index in [1.54, 1.807) is 29.0 Å². The van der Waals surface area contributed by atoms with E-state index in [-0.39, 0.29) is 18.1 Å². The highest BCUT2D eigenvalue weighted by molar-refractivity contribution is 7.08. The molecule has 2 N–H and O–H groups in total. The molecule has 0 bridgehead atoms. The minimum absolute atomic E-state index is 0.00513. The second-order valence-corrected chi connectivity index (χ2v) is 4.80. The second-order valence-electron chi connectivity index (χ2n) is 4.05. The third kappa shape index (κ3) is 2.06. The number of hydrogen-bond donors (Lipinski definition) is 2. The molecule has 1 aliphatic heterocycles. The van der Waals surface area contributed by atoms with Crippen molar-refractivity contribution >= 4 is 28.9 Å². The molecule has 5 nitrogen and oxygen atoms in total. The molecule has 1 amide bonds. The summed E-state index contributed by atoms with van der Waals surface area (Å²) in [6, 6.07) is 5.24. The number of anilines is 1. The number of amides is 1. The predicted molar refractivity (Wildman–Crippen MR) is 70.8 cm³/mol. The maximum atomic E-state index is 11.3. The second kappa shape index (κ2) is 4.40. The summed E-state index contributed by atoms with van der Waals surface area (Å²) in [4.78, 5) is 22.4. The van der Waals surface area contributed by atoms with E-state index in [2.05, 4.69) is 5.32 Å². The zero-order valence-electron chi connectivity index (χ0n) is 9.67. The summed E-state index contributed by atoms with van der Waals surface area (Å²) in [6.07, 6.45) is 0. The Hall–Kier alpha value is -2.34. The summed E-state index contributed by atoms with van der Waals surface area (Å²) in [5, 5.41) is 15.2. The predicted octanol–water partition coefficient (Wildman–Crippen LogP) is 2.44. The van der Waals surface area contributed by atoms with Gasteiger partial charge in [-0.25, -0.2) is 4.79 Å². The average molecular weight is 275 g/mol. The molecule has 3 rings (SSSR count). The van der Waals surface area contributed by atoms with Crippen LogP contribution < -0.4 is 10.1 Å². The van der Waals surface area contributed by atoms with E-state index in [0.717, 1.165) is 5.56 Å². The van der Waals surface area contributed by atoms with E-state index in [0.29, 0.717) is 17.0 Å². The van der Waals surface area contributed by atoms with Gasteiger partial charge >= 0.3 is 5.97 Å². The van der Waals surface area contributed by atoms with Crippen LogP contribution >= 0.6 is 11.3 Å². The Morgan fingerprint density at radius 3 is 3.00 bits per heavy atom. The van der Waals surface area contributed by atoms with Gasteiger partial charge in [-0.05, 0) is 23.1 Å². The number of benzene rings is 1. The molecule has 0 aliphatic carbocycles. The van der Waals surface area contributed by atoms with Gasteiger partial charge < -0.3 is 15.2 Å². The number of hydrogen-bond acceptors (Lipinski definition) is 4. The molecule has 6 heteroatoms. The van der Waals surface area contributed by atoms with E-state index in [1.165, 1.54) is 11.3 Å². The number of carbonyl (C=O) groups is 2. The zero-order chi connectivity index (χ0) is 13.4. The van der Waals surface area contributed by atoms with Crippen LogP contribution in [0.1, 0.15) is 10.4 Å². The van der Waals surface area contributed by atoms with E-state index >= 15 is 0 Å². The van der Waals surface area contributed by atoms with Gasteiger partial charge in [-0.2, -0.15) is 11.3 Å². The lowest BCUT2D eigenvalue weighted by atomic mass is 10.0. The summed E-state index contributed by atoms with van der Waals surface area (Å²) in [6.45, 7) is 0.00513. The Kier molecular flexibility index (Phi) is 2.72. The molecule has 0 radical (unpaired) electrons. The fraction of sp³-hybridized carbons (Fsp3) is 0.0769. The van der Waals surface area contributed by atoms with Crippen LogP contribution in [0.15, 0.2) is 29.0 Å². The number of fused-ring (bicyclic) bond motifs is 1. The first-order valence-electron chi connectivity index (χ1n) is 5.51. The van der Waals surface area contributed by atoms with Gasteiger partial charge in [0.05, 0.1) is 11.3 Å². The monoisotopic (exact) mass is 275 g/mol. The molecule has 1 aliphatic rings. The van der Waals surface area contributed by atoms with Crippen molar-refractivity contribution < 1.29 is 19.4 Å². The Morgan fingerprint density at radius 2 is 2.21 bits per heavy atom. The molecule has 0 saturated heterocycles. The molecule has 2 aromatic rings. The maximum Gasteiger partial charge on any atom is 0.337 e. The van der Waals surface area contributed by atoms with Gasteiger partial charge in [-0.3, -0.25) is 4.79 Å². The number of carbonyl (C=O) groups excluding carboxylic acids is 1. The first-order chi connectivity index (χ1) is 9.15. The summed E-state index contributed by atoms with van der Waals surface area (Å²) in [5.41, 5.74) is 2.20. The fourth-order valence-electron chi connectivity index (χ4n) is 1.94. The Bertz CT molecular complexity index is 677. The molecule has 96 valence electrons. The zero-order valence-corrected chi connectivity index (χ0v) is 10.5. The van der Waals surface area contributed by atoms with Crippen molar-refractivity contribution in [1.29, 1.82) is 0 Å². The molecule has 0 unspecified atom stereocenters. The first-order valence-corrected chi connectivity index (χ1v) is 6.46. The molecule has 0 atom stereocenters. The van der Waals surface area contributed by atoms with Crippen LogP contribution in [0.4, 0.5) is 5.69 Å². The normalized spacial score (nSPS) is 13.4. The van der Waals surface area contributed by atoms with E-state index < -0.39 is 5.97 Å². The van der Waals surface area contributed by atoms with Gasteiger partial charge in [0.25, 0.3) is 5.91 Å². The Morgan fingerprint density at radius 1 is 1.37 bits per heavy atom. The van der Waals surface area contributed by atoms with Crippen molar-refractivity contribution in [2.75, 3.05) is 11.9 Å². The molecule has 19 heavy (non-hydrogen) atoms. The summed E-state index contributed by atoms with van der Waals surface area (Å²) in [5.74, 6) is -0.585. The van der Waals surface area contributed by atoms with Crippen LogP contribution in [-0.2, 0) is 4.79 Å². The number of carboxylic acids is 1. The van der Waals surface area contributed by atoms with Crippen LogP contribution in [0.3, 0.4) is 0 Å². The maximum absolute atomic E-state index is 11.3.